The normalized spacial score (nSPS) is 12.0. The van der Waals surface area contributed by atoms with Gasteiger partial charge in [0, 0.05) is 5.54 Å². The number of nitrogens with two attached hydrogens (primary N) is 1. The lowest BCUT2D eigenvalue weighted by Crippen LogP contribution is -2.34. The van der Waals surface area contributed by atoms with E-state index in [0.29, 0.717) is 0 Å². The van der Waals surface area contributed by atoms with Crippen molar-refractivity contribution >= 4 is 21.5 Å². The predicted molar refractivity (Wildman–Crippen MR) is 113 cm³/mol. The van der Waals surface area contributed by atoms with E-state index < -0.39 is 0 Å². The average Bonchev–Trinajstić information content (AvgIpc) is 2.71. The summed E-state index contributed by atoms with van der Waals surface area (Å²) >= 11 is 0. The first-order valence-corrected chi connectivity index (χ1v) is 9.46. The van der Waals surface area contributed by atoms with Crippen LogP contribution in [0.5, 0.6) is 0 Å². The standard InChI is InChI=1S/C25H25N/c1-3-25(26,4-2)21-15-13-18(14-16-21)24-22-11-7-5-9-19(22)17-20-10-6-8-12-23(20)24/h5-17H,3-4,26H2,1-2H3. The summed E-state index contributed by atoms with van der Waals surface area (Å²) in [5, 5.41) is 5.15. The molecule has 0 saturated heterocycles. The highest BCUT2D eigenvalue weighted by atomic mass is 14.7. The Hall–Kier alpha value is -2.64. The molecule has 4 rings (SSSR count). The molecule has 0 heterocycles. The molecule has 0 fully saturated rings. The van der Waals surface area contributed by atoms with E-state index in [-0.39, 0.29) is 5.54 Å². The van der Waals surface area contributed by atoms with Crippen LogP contribution in [-0.4, -0.2) is 0 Å². The minimum atomic E-state index is -0.237. The molecule has 1 nitrogen and oxygen atoms in total. The first kappa shape index (κ1) is 16.8. The van der Waals surface area contributed by atoms with Crippen LogP contribution in [-0.2, 0) is 5.54 Å². The molecule has 0 aliphatic rings. The topological polar surface area (TPSA) is 26.0 Å². The second kappa shape index (κ2) is 6.59. The first-order chi connectivity index (χ1) is 12.7. The van der Waals surface area contributed by atoms with Crippen LogP contribution in [0.4, 0.5) is 0 Å². The highest BCUT2D eigenvalue weighted by molar-refractivity contribution is 6.12. The molecule has 0 saturated carbocycles. The molecular formula is C25H25N. The summed E-state index contributed by atoms with van der Waals surface area (Å²) < 4.78 is 0. The molecule has 0 bridgehead atoms. The lowest BCUT2D eigenvalue weighted by atomic mass is 9.84. The molecule has 130 valence electrons. The first-order valence-electron chi connectivity index (χ1n) is 9.46. The number of fused-ring (bicyclic) bond motifs is 2. The Balaban J connectivity index is 1.96. The van der Waals surface area contributed by atoms with Crippen LogP contribution >= 0.6 is 0 Å². The largest absolute Gasteiger partial charge is 0.321 e. The lowest BCUT2D eigenvalue weighted by molar-refractivity contribution is 0.413. The molecular weight excluding hydrogens is 314 g/mol. The minimum Gasteiger partial charge on any atom is -0.321 e. The molecule has 0 amide bonds. The zero-order chi connectivity index (χ0) is 18.1. The maximum atomic E-state index is 6.59. The van der Waals surface area contributed by atoms with Gasteiger partial charge >= 0.3 is 0 Å². The summed E-state index contributed by atoms with van der Waals surface area (Å²) in [5.74, 6) is 0. The summed E-state index contributed by atoms with van der Waals surface area (Å²) in [4.78, 5) is 0. The van der Waals surface area contributed by atoms with E-state index in [1.165, 1.54) is 38.2 Å². The highest BCUT2D eigenvalue weighted by Gasteiger charge is 2.22. The minimum absolute atomic E-state index is 0.237. The Morgan fingerprint density at radius 3 is 1.69 bits per heavy atom. The molecule has 0 aliphatic heterocycles. The van der Waals surface area contributed by atoms with E-state index >= 15 is 0 Å². The number of hydrogen-bond donors (Lipinski definition) is 1. The van der Waals surface area contributed by atoms with Crippen LogP contribution in [0.3, 0.4) is 0 Å². The molecule has 4 aromatic rings. The van der Waals surface area contributed by atoms with Crippen LogP contribution in [0.15, 0.2) is 78.9 Å². The van der Waals surface area contributed by atoms with Gasteiger partial charge in [-0.25, -0.2) is 0 Å². The van der Waals surface area contributed by atoms with E-state index in [2.05, 4.69) is 92.7 Å². The van der Waals surface area contributed by atoms with Gasteiger partial charge in [0.15, 0.2) is 0 Å². The summed E-state index contributed by atoms with van der Waals surface area (Å²) in [6.07, 6.45) is 1.89. The van der Waals surface area contributed by atoms with Crippen LogP contribution in [0.2, 0.25) is 0 Å². The van der Waals surface area contributed by atoms with Gasteiger partial charge in [0.2, 0.25) is 0 Å². The van der Waals surface area contributed by atoms with Gasteiger partial charge in [-0.3, -0.25) is 0 Å². The number of rotatable bonds is 4. The Bertz CT molecular complexity index is 1000. The molecule has 0 aliphatic carbocycles. The molecule has 1 heteroatoms. The third kappa shape index (κ3) is 2.69. The van der Waals surface area contributed by atoms with Crippen molar-refractivity contribution in [2.75, 3.05) is 0 Å². The second-order valence-corrected chi connectivity index (χ2v) is 7.13. The van der Waals surface area contributed by atoms with E-state index in [0.717, 1.165) is 12.8 Å². The number of benzene rings is 4. The van der Waals surface area contributed by atoms with Gasteiger partial charge in [-0.1, -0.05) is 86.6 Å². The Morgan fingerprint density at radius 2 is 1.19 bits per heavy atom. The predicted octanol–water partition coefficient (Wildman–Crippen LogP) is 6.63. The smallest absolute Gasteiger partial charge is 0.0404 e. The van der Waals surface area contributed by atoms with Gasteiger partial charge < -0.3 is 5.73 Å². The monoisotopic (exact) mass is 339 g/mol. The van der Waals surface area contributed by atoms with Crippen LogP contribution in [0.25, 0.3) is 32.7 Å². The molecule has 26 heavy (non-hydrogen) atoms. The average molecular weight is 339 g/mol. The van der Waals surface area contributed by atoms with Gasteiger partial charge in [-0.15, -0.1) is 0 Å². The SMILES string of the molecule is CCC(N)(CC)c1ccc(-c2c3ccccc3cc3ccccc23)cc1. The van der Waals surface area contributed by atoms with Crippen LogP contribution in [0.1, 0.15) is 32.3 Å². The van der Waals surface area contributed by atoms with Crippen LogP contribution in [0, 0.1) is 0 Å². The zero-order valence-corrected chi connectivity index (χ0v) is 15.5. The van der Waals surface area contributed by atoms with Gasteiger partial charge in [-0.2, -0.15) is 0 Å². The van der Waals surface area contributed by atoms with Crippen LogP contribution < -0.4 is 5.73 Å². The Kier molecular flexibility index (Phi) is 4.26. The molecule has 2 N–H and O–H groups in total. The molecule has 0 atom stereocenters. The van der Waals surface area contributed by atoms with Crippen molar-refractivity contribution in [3.8, 4) is 11.1 Å². The molecule has 0 spiro atoms. The van der Waals surface area contributed by atoms with Gasteiger partial charge in [0.25, 0.3) is 0 Å². The Morgan fingerprint density at radius 1 is 0.692 bits per heavy atom. The quantitative estimate of drug-likeness (QED) is 0.415. The lowest BCUT2D eigenvalue weighted by Gasteiger charge is -2.27. The maximum Gasteiger partial charge on any atom is 0.0404 e. The van der Waals surface area contributed by atoms with Gasteiger partial charge in [0.05, 0.1) is 0 Å². The van der Waals surface area contributed by atoms with Gasteiger partial charge in [0.1, 0.15) is 0 Å². The second-order valence-electron chi connectivity index (χ2n) is 7.13. The van der Waals surface area contributed by atoms with E-state index in [9.17, 15) is 0 Å². The van der Waals surface area contributed by atoms with Crippen molar-refractivity contribution in [3.05, 3.63) is 84.4 Å². The zero-order valence-electron chi connectivity index (χ0n) is 15.5. The van der Waals surface area contributed by atoms with Crippen molar-refractivity contribution in [3.63, 3.8) is 0 Å². The van der Waals surface area contributed by atoms with E-state index in [1.807, 2.05) is 0 Å². The third-order valence-electron chi connectivity index (χ3n) is 5.78. The fourth-order valence-electron chi connectivity index (χ4n) is 3.95. The summed E-state index contributed by atoms with van der Waals surface area (Å²) in [5.41, 5.74) is 10.1. The summed E-state index contributed by atoms with van der Waals surface area (Å²) in [6, 6.07) is 28.4. The van der Waals surface area contributed by atoms with Crippen molar-refractivity contribution in [2.24, 2.45) is 5.73 Å². The number of hydrogen-bond acceptors (Lipinski definition) is 1. The van der Waals surface area contributed by atoms with E-state index in [1.54, 1.807) is 0 Å². The summed E-state index contributed by atoms with van der Waals surface area (Å²) in [7, 11) is 0. The Labute approximate surface area is 155 Å². The van der Waals surface area contributed by atoms with Gasteiger partial charge in [-0.05, 0) is 57.1 Å². The van der Waals surface area contributed by atoms with Crippen molar-refractivity contribution in [1.29, 1.82) is 0 Å². The molecule has 4 aromatic carbocycles. The third-order valence-corrected chi connectivity index (χ3v) is 5.78. The fraction of sp³-hybridized carbons (Fsp3) is 0.200. The van der Waals surface area contributed by atoms with Crippen molar-refractivity contribution < 1.29 is 0 Å². The maximum absolute atomic E-state index is 6.59. The highest BCUT2D eigenvalue weighted by Crippen LogP contribution is 2.37. The summed E-state index contributed by atoms with van der Waals surface area (Å²) in [6.45, 7) is 4.32. The fourth-order valence-corrected chi connectivity index (χ4v) is 3.95. The van der Waals surface area contributed by atoms with E-state index in [4.69, 9.17) is 5.73 Å². The molecule has 0 unspecified atom stereocenters. The molecule has 0 radical (unpaired) electrons. The molecule has 0 aromatic heterocycles. The van der Waals surface area contributed by atoms with Crippen molar-refractivity contribution in [2.45, 2.75) is 32.2 Å². The van der Waals surface area contributed by atoms with Crippen molar-refractivity contribution in [1.82, 2.24) is 0 Å².